The number of nitrogens with two attached hydrogens (primary N) is 1. The molecular weight excluding hydrogens is 284 g/mol. The van der Waals surface area contributed by atoms with E-state index in [0.717, 1.165) is 12.2 Å². The molecule has 3 N–H and O–H groups in total. The van der Waals surface area contributed by atoms with Gasteiger partial charge in [-0.2, -0.15) is 4.98 Å². The molecule has 0 saturated heterocycles. The van der Waals surface area contributed by atoms with Crippen molar-refractivity contribution in [3.05, 3.63) is 30.6 Å². The summed E-state index contributed by atoms with van der Waals surface area (Å²) in [5.74, 6) is 2.24. The first-order chi connectivity index (χ1) is 10.7. The first-order valence-corrected chi connectivity index (χ1v) is 6.89. The smallest absolute Gasteiger partial charge is 0.248 e. The fourth-order valence-electron chi connectivity index (χ4n) is 1.78. The van der Waals surface area contributed by atoms with Gasteiger partial charge < -0.3 is 25.3 Å². The van der Waals surface area contributed by atoms with Crippen LogP contribution in [-0.2, 0) is 4.74 Å². The summed E-state index contributed by atoms with van der Waals surface area (Å²) in [7, 11) is 3.28. The highest BCUT2D eigenvalue weighted by molar-refractivity contribution is 5.66. The van der Waals surface area contributed by atoms with E-state index in [9.17, 15) is 0 Å². The monoisotopic (exact) mass is 304 g/mol. The number of benzene rings is 1. The molecule has 0 aliphatic heterocycles. The highest BCUT2D eigenvalue weighted by atomic mass is 16.5. The molecule has 0 fully saturated rings. The normalized spacial score (nSPS) is 10.3. The van der Waals surface area contributed by atoms with E-state index >= 15 is 0 Å². The van der Waals surface area contributed by atoms with Gasteiger partial charge in [0.1, 0.15) is 23.5 Å². The SMILES string of the molecule is COCCCNc1ncnc(Oc2ccc(OC)cc2)c1N. The van der Waals surface area contributed by atoms with Crippen LogP contribution < -0.4 is 20.5 Å². The van der Waals surface area contributed by atoms with E-state index in [1.165, 1.54) is 6.33 Å². The van der Waals surface area contributed by atoms with E-state index in [4.69, 9.17) is 19.9 Å². The van der Waals surface area contributed by atoms with Gasteiger partial charge in [-0.15, -0.1) is 0 Å². The number of ether oxygens (including phenoxy) is 3. The average Bonchev–Trinajstić information content (AvgIpc) is 2.55. The summed E-state index contributed by atoms with van der Waals surface area (Å²) in [6.07, 6.45) is 2.27. The van der Waals surface area contributed by atoms with Gasteiger partial charge in [-0.1, -0.05) is 0 Å². The summed E-state index contributed by atoms with van der Waals surface area (Å²) < 4.78 is 15.8. The molecule has 0 unspecified atom stereocenters. The predicted molar refractivity (Wildman–Crippen MR) is 84.5 cm³/mol. The number of aromatic nitrogens is 2. The van der Waals surface area contributed by atoms with E-state index in [1.54, 1.807) is 38.5 Å². The summed E-state index contributed by atoms with van der Waals surface area (Å²) in [5.41, 5.74) is 6.40. The Hall–Kier alpha value is -2.54. The molecule has 7 nitrogen and oxygen atoms in total. The summed E-state index contributed by atoms with van der Waals surface area (Å²) in [6, 6.07) is 7.17. The molecule has 1 aromatic heterocycles. The van der Waals surface area contributed by atoms with Gasteiger partial charge in [-0.3, -0.25) is 0 Å². The fraction of sp³-hybridized carbons (Fsp3) is 0.333. The van der Waals surface area contributed by atoms with E-state index in [-0.39, 0.29) is 0 Å². The van der Waals surface area contributed by atoms with Crippen LogP contribution in [0.25, 0.3) is 0 Å². The van der Waals surface area contributed by atoms with Crippen molar-refractivity contribution in [1.82, 2.24) is 9.97 Å². The lowest BCUT2D eigenvalue weighted by Gasteiger charge is -2.11. The number of hydrogen-bond donors (Lipinski definition) is 2. The van der Waals surface area contributed by atoms with Crippen LogP contribution in [0.3, 0.4) is 0 Å². The van der Waals surface area contributed by atoms with Crippen LogP contribution in [0, 0.1) is 0 Å². The minimum atomic E-state index is 0.314. The molecular formula is C15H20N4O3. The minimum Gasteiger partial charge on any atom is -0.497 e. The molecule has 7 heteroatoms. The van der Waals surface area contributed by atoms with Crippen molar-refractivity contribution in [2.75, 3.05) is 38.4 Å². The van der Waals surface area contributed by atoms with Crippen LogP contribution >= 0.6 is 0 Å². The number of rotatable bonds is 8. The Bertz CT molecular complexity index is 590. The molecule has 1 aromatic carbocycles. The third kappa shape index (κ3) is 4.23. The van der Waals surface area contributed by atoms with Gasteiger partial charge in [-0.25, -0.2) is 4.98 Å². The second-order valence-corrected chi connectivity index (χ2v) is 4.49. The molecule has 0 spiro atoms. The predicted octanol–water partition coefficient (Wildman–Crippen LogP) is 2.31. The van der Waals surface area contributed by atoms with Crippen LogP contribution in [0.15, 0.2) is 30.6 Å². The first kappa shape index (κ1) is 15.8. The number of nitrogen functional groups attached to an aromatic ring is 1. The average molecular weight is 304 g/mol. The summed E-state index contributed by atoms with van der Waals surface area (Å²) in [6.45, 7) is 1.38. The quantitative estimate of drug-likeness (QED) is 0.723. The number of nitrogens with one attached hydrogen (secondary N) is 1. The lowest BCUT2D eigenvalue weighted by molar-refractivity contribution is 0.198. The zero-order valence-corrected chi connectivity index (χ0v) is 12.7. The molecule has 0 radical (unpaired) electrons. The van der Waals surface area contributed by atoms with Gasteiger partial charge in [0.05, 0.1) is 7.11 Å². The van der Waals surface area contributed by atoms with Gasteiger partial charge in [0.25, 0.3) is 0 Å². The number of hydrogen-bond acceptors (Lipinski definition) is 7. The third-order valence-electron chi connectivity index (χ3n) is 2.94. The van der Waals surface area contributed by atoms with Crippen LogP contribution in [0.2, 0.25) is 0 Å². The topological polar surface area (TPSA) is 91.5 Å². The van der Waals surface area contributed by atoms with E-state index in [2.05, 4.69) is 15.3 Å². The number of nitrogens with zero attached hydrogens (tertiary/aromatic N) is 2. The maximum Gasteiger partial charge on any atom is 0.248 e. The lowest BCUT2D eigenvalue weighted by Crippen LogP contribution is -2.09. The Kier molecular flexibility index (Phi) is 5.79. The maximum absolute atomic E-state index is 6.03. The van der Waals surface area contributed by atoms with Gasteiger partial charge in [0, 0.05) is 20.3 Å². The second kappa shape index (κ2) is 8.04. The third-order valence-corrected chi connectivity index (χ3v) is 2.94. The molecule has 0 aliphatic rings. The Morgan fingerprint density at radius 3 is 2.50 bits per heavy atom. The molecule has 22 heavy (non-hydrogen) atoms. The minimum absolute atomic E-state index is 0.314. The number of methoxy groups -OCH3 is 2. The molecule has 0 aliphatic carbocycles. The van der Waals surface area contributed by atoms with Crippen LogP contribution in [0.4, 0.5) is 11.5 Å². The van der Waals surface area contributed by atoms with Gasteiger partial charge in [-0.05, 0) is 30.7 Å². The van der Waals surface area contributed by atoms with Crippen LogP contribution in [0.5, 0.6) is 17.4 Å². The highest BCUT2D eigenvalue weighted by Gasteiger charge is 2.10. The van der Waals surface area contributed by atoms with Crippen molar-refractivity contribution in [1.29, 1.82) is 0 Å². The lowest BCUT2D eigenvalue weighted by atomic mass is 10.3. The zero-order valence-electron chi connectivity index (χ0n) is 12.7. The van der Waals surface area contributed by atoms with Gasteiger partial charge >= 0.3 is 0 Å². The first-order valence-electron chi connectivity index (χ1n) is 6.89. The molecule has 0 bridgehead atoms. The summed E-state index contributed by atoms with van der Waals surface area (Å²) in [5, 5.41) is 3.14. The summed E-state index contributed by atoms with van der Waals surface area (Å²) in [4.78, 5) is 8.18. The van der Waals surface area contributed by atoms with E-state index < -0.39 is 0 Å². The maximum atomic E-state index is 6.03. The van der Waals surface area contributed by atoms with E-state index in [0.29, 0.717) is 36.3 Å². The number of anilines is 2. The van der Waals surface area contributed by atoms with Crippen LogP contribution in [0.1, 0.15) is 6.42 Å². The standard InChI is InChI=1S/C15H20N4O3/c1-20-9-3-8-17-14-13(16)15(19-10-18-14)22-12-6-4-11(21-2)5-7-12/h4-7,10H,3,8-9,16H2,1-2H3,(H,17,18,19). The fourth-order valence-corrected chi connectivity index (χ4v) is 1.78. The van der Waals surface area contributed by atoms with E-state index in [1.807, 2.05) is 0 Å². The Morgan fingerprint density at radius 2 is 1.82 bits per heavy atom. The van der Waals surface area contributed by atoms with Crippen molar-refractivity contribution < 1.29 is 14.2 Å². The van der Waals surface area contributed by atoms with Crippen molar-refractivity contribution in [3.8, 4) is 17.4 Å². The molecule has 0 atom stereocenters. The van der Waals surface area contributed by atoms with Crippen molar-refractivity contribution >= 4 is 11.5 Å². The van der Waals surface area contributed by atoms with Crippen molar-refractivity contribution in [2.45, 2.75) is 6.42 Å². The Balaban J connectivity index is 2.04. The largest absolute Gasteiger partial charge is 0.497 e. The van der Waals surface area contributed by atoms with Crippen molar-refractivity contribution in [3.63, 3.8) is 0 Å². The molecule has 0 saturated carbocycles. The molecule has 2 aromatic rings. The summed E-state index contributed by atoms with van der Waals surface area (Å²) >= 11 is 0. The second-order valence-electron chi connectivity index (χ2n) is 4.49. The highest BCUT2D eigenvalue weighted by Crippen LogP contribution is 2.29. The molecule has 2 rings (SSSR count). The molecule has 118 valence electrons. The Morgan fingerprint density at radius 1 is 1.09 bits per heavy atom. The Labute approximate surface area is 129 Å². The van der Waals surface area contributed by atoms with Gasteiger partial charge in [0.2, 0.25) is 5.88 Å². The van der Waals surface area contributed by atoms with Gasteiger partial charge in [0.15, 0.2) is 5.82 Å². The molecule has 1 heterocycles. The van der Waals surface area contributed by atoms with Crippen LogP contribution in [-0.4, -0.2) is 37.3 Å². The molecule has 0 amide bonds. The van der Waals surface area contributed by atoms with Crippen molar-refractivity contribution in [2.24, 2.45) is 0 Å². The zero-order chi connectivity index (χ0) is 15.8.